The zero-order valence-corrected chi connectivity index (χ0v) is 23.7. The van der Waals surface area contributed by atoms with Gasteiger partial charge in [-0.15, -0.1) is 0 Å². The third-order valence-corrected chi connectivity index (χ3v) is 11.2. The number of rotatable bonds is 7. The Balaban J connectivity index is 1.47. The number of benzene rings is 1. The third kappa shape index (κ3) is 3.42. The first-order valence-electron chi connectivity index (χ1n) is 12.8. The van der Waals surface area contributed by atoms with Crippen LogP contribution in [0.2, 0.25) is 4.31 Å². The zero-order chi connectivity index (χ0) is 28.4. The van der Waals surface area contributed by atoms with E-state index in [2.05, 4.69) is 6.58 Å². The van der Waals surface area contributed by atoms with E-state index in [-0.39, 0.29) is 56.1 Å². The van der Waals surface area contributed by atoms with Crippen LogP contribution in [-0.2, 0) is 33.3 Å². The van der Waals surface area contributed by atoms with Gasteiger partial charge in [-0.1, -0.05) is 0 Å². The van der Waals surface area contributed by atoms with E-state index in [9.17, 15) is 19.2 Å². The predicted molar refractivity (Wildman–Crippen MR) is 138 cm³/mol. The van der Waals surface area contributed by atoms with E-state index in [1.54, 1.807) is 11.8 Å². The molecule has 1 aromatic carbocycles. The van der Waals surface area contributed by atoms with Crippen LogP contribution < -0.4 is 10.2 Å². The standard InChI is InChI=1S/C27H29N3O9Se/c1-4-10-36-24(34)30-17-13-29-19-18(16(14-37-23(28)33)26(29,35-3)20(17)30)21(31)27(38-11-12-39-27)25(2,22(19)32)40-15-8-6-5-7-9-15/h4-9,16-17,20H,1,10-14H2,2-3H3,(H2,28,33)/t16-,17+,20+,25?,26-,30?/m1/s1. The van der Waals surface area contributed by atoms with Gasteiger partial charge in [-0.3, -0.25) is 0 Å². The van der Waals surface area contributed by atoms with Crippen LogP contribution in [0.4, 0.5) is 9.59 Å². The molecule has 12 nitrogen and oxygen atoms in total. The van der Waals surface area contributed by atoms with Crippen molar-refractivity contribution in [3.63, 3.8) is 0 Å². The molecule has 2 amide bonds. The Labute approximate surface area is 236 Å². The molecule has 0 saturated carbocycles. The molecule has 40 heavy (non-hydrogen) atoms. The molecule has 5 aliphatic rings. The number of carbonyl (C=O) groups is 4. The molecule has 4 aliphatic heterocycles. The van der Waals surface area contributed by atoms with Crippen LogP contribution in [0, 0.1) is 5.92 Å². The molecular weight excluding hydrogens is 589 g/mol. The van der Waals surface area contributed by atoms with Crippen LogP contribution in [0.1, 0.15) is 6.92 Å². The number of hydrogen-bond acceptors (Lipinski definition) is 10. The van der Waals surface area contributed by atoms with Crippen LogP contribution in [-0.4, -0.2) is 112 Å². The molecule has 5 atom stereocenters. The normalized spacial score (nSPS) is 33.1. The predicted octanol–water partition coefficient (Wildman–Crippen LogP) is 0.103. The molecule has 1 unspecified atom stereocenters. The number of nitrogens with two attached hydrogens (primary N) is 1. The number of ether oxygens (including phenoxy) is 5. The second kappa shape index (κ2) is 9.42. The molecule has 3 saturated heterocycles. The Morgan fingerprint density at radius 1 is 1.18 bits per heavy atom. The summed E-state index contributed by atoms with van der Waals surface area (Å²) < 4.78 is 28.3. The van der Waals surface area contributed by atoms with E-state index >= 15 is 0 Å². The van der Waals surface area contributed by atoms with Crippen molar-refractivity contribution in [1.29, 1.82) is 0 Å². The number of allylic oxidation sites excluding steroid dienone is 1. The van der Waals surface area contributed by atoms with Gasteiger partial charge in [0.2, 0.25) is 0 Å². The number of amides is 2. The molecule has 0 bridgehead atoms. The Hall–Kier alpha value is -3.22. The summed E-state index contributed by atoms with van der Waals surface area (Å²) in [5.41, 5.74) is 4.22. The van der Waals surface area contributed by atoms with Crippen molar-refractivity contribution in [2.45, 2.75) is 34.8 Å². The van der Waals surface area contributed by atoms with Gasteiger partial charge in [0, 0.05) is 0 Å². The van der Waals surface area contributed by atoms with Crippen molar-refractivity contribution < 1.29 is 42.9 Å². The number of nitrogens with zero attached hydrogens (tertiary/aromatic N) is 2. The Morgan fingerprint density at radius 3 is 2.50 bits per heavy atom. The summed E-state index contributed by atoms with van der Waals surface area (Å²) in [4.78, 5) is 57.1. The first-order valence-corrected chi connectivity index (χ1v) is 14.6. The summed E-state index contributed by atoms with van der Waals surface area (Å²) in [6.45, 7) is 5.45. The summed E-state index contributed by atoms with van der Waals surface area (Å²) in [6, 6.07) is 8.53. The van der Waals surface area contributed by atoms with Gasteiger partial charge < -0.3 is 0 Å². The van der Waals surface area contributed by atoms with Gasteiger partial charge in [0.15, 0.2) is 0 Å². The van der Waals surface area contributed by atoms with Gasteiger partial charge in [-0.25, -0.2) is 0 Å². The molecule has 1 spiro atoms. The molecule has 0 radical (unpaired) electrons. The molecule has 6 rings (SSSR count). The molecule has 0 aromatic heterocycles. The fourth-order valence-electron chi connectivity index (χ4n) is 6.74. The van der Waals surface area contributed by atoms with Gasteiger partial charge in [0.25, 0.3) is 0 Å². The molecule has 1 aliphatic carbocycles. The molecule has 13 heteroatoms. The van der Waals surface area contributed by atoms with Crippen LogP contribution in [0.25, 0.3) is 0 Å². The number of Topliss-reactive ketones (excluding diaryl/α,β-unsaturated/α-hetero) is 2. The summed E-state index contributed by atoms with van der Waals surface area (Å²) in [5, 5.41) is 0. The summed E-state index contributed by atoms with van der Waals surface area (Å²) in [7, 11) is 1.44. The first kappa shape index (κ1) is 27.0. The van der Waals surface area contributed by atoms with E-state index in [0.29, 0.717) is 0 Å². The van der Waals surface area contributed by atoms with E-state index in [4.69, 9.17) is 29.4 Å². The minimum atomic E-state index is -1.86. The number of carbonyl (C=O) groups excluding carboxylic acids is 4. The van der Waals surface area contributed by atoms with Crippen LogP contribution in [0.3, 0.4) is 0 Å². The van der Waals surface area contributed by atoms with Crippen molar-refractivity contribution in [3.8, 4) is 0 Å². The monoisotopic (exact) mass is 619 g/mol. The average molecular weight is 619 g/mol. The zero-order valence-electron chi connectivity index (χ0n) is 22.0. The van der Waals surface area contributed by atoms with Crippen molar-refractivity contribution in [2.75, 3.05) is 40.1 Å². The fourth-order valence-corrected chi connectivity index (χ4v) is 9.47. The van der Waals surface area contributed by atoms with Gasteiger partial charge in [-0.2, -0.15) is 0 Å². The van der Waals surface area contributed by atoms with Crippen LogP contribution >= 0.6 is 0 Å². The topological polar surface area (TPSA) is 147 Å². The van der Waals surface area contributed by atoms with Gasteiger partial charge in [0.05, 0.1) is 0 Å². The van der Waals surface area contributed by atoms with E-state index < -0.39 is 60.7 Å². The Kier molecular flexibility index (Phi) is 6.35. The van der Waals surface area contributed by atoms with E-state index in [1.165, 1.54) is 18.1 Å². The van der Waals surface area contributed by atoms with Crippen molar-refractivity contribution in [1.82, 2.24) is 9.80 Å². The maximum atomic E-state index is 14.7. The average Bonchev–Trinajstić information content (AvgIpc) is 3.23. The third-order valence-electron chi connectivity index (χ3n) is 8.35. The Bertz CT molecular complexity index is 1330. The van der Waals surface area contributed by atoms with Crippen LogP contribution in [0.5, 0.6) is 0 Å². The second-order valence-electron chi connectivity index (χ2n) is 10.2. The molecule has 212 valence electrons. The molecule has 1 aromatic rings. The van der Waals surface area contributed by atoms with Gasteiger partial charge in [0.1, 0.15) is 0 Å². The first-order chi connectivity index (χ1) is 19.2. The van der Waals surface area contributed by atoms with E-state index in [0.717, 1.165) is 4.46 Å². The van der Waals surface area contributed by atoms with E-state index in [1.807, 2.05) is 30.3 Å². The molecular formula is C27H29N3O9Se. The molecule has 2 N–H and O–H groups in total. The number of piperazine rings is 1. The number of methoxy groups -OCH3 is 1. The molecule has 4 heterocycles. The number of fused-ring (bicyclic) bond motifs is 4. The maximum absolute atomic E-state index is 14.7. The van der Waals surface area contributed by atoms with Crippen molar-refractivity contribution in [2.24, 2.45) is 11.7 Å². The minimum absolute atomic E-state index is 0.0233. The summed E-state index contributed by atoms with van der Waals surface area (Å²) in [6.07, 6.45) is -0.156. The Morgan fingerprint density at radius 2 is 1.88 bits per heavy atom. The number of primary amides is 1. The fraction of sp³-hybridized carbons (Fsp3) is 0.481. The van der Waals surface area contributed by atoms with Gasteiger partial charge in [-0.05, 0) is 0 Å². The SMILES string of the molecule is C=CCOC(=O)N1[C@H]2[C@@H]1CN1C3=C(C(=O)C4(OCCO4)C(C)([Se]c4ccccc4)C3=O)[C@@H](COC(N)=O)[C@@]21OC. The summed E-state index contributed by atoms with van der Waals surface area (Å²) in [5.74, 6) is -3.65. The molecule has 3 fully saturated rings. The van der Waals surface area contributed by atoms with Gasteiger partial charge >= 0.3 is 237 Å². The van der Waals surface area contributed by atoms with Crippen molar-refractivity contribution >= 4 is 43.2 Å². The quantitative estimate of drug-likeness (QED) is 0.254. The van der Waals surface area contributed by atoms with Crippen LogP contribution in [0.15, 0.2) is 54.3 Å². The number of hydrogen-bond donors (Lipinski definition) is 1. The van der Waals surface area contributed by atoms with Crippen molar-refractivity contribution in [3.05, 3.63) is 54.3 Å². The second-order valence-corrected chi connectivity index (χ2v) is 13.3. The summed E-state index contributed by atoms with van der Waals surface area (Å²) >= 11 is -0.579. The number of ketones is 2.